The van der Waals surface area contributed by atoms with Gasteiger partial charge < -0.3 is 45.9 Å². The number of guanidine groups is 1. The van der Waals surface area contributed by atoms with Crippen molar-refractivity contribution in [2.24, 2.45) is 28.5 Å². The quantitative estimate of drug-likeness (QED) is 0.0475. The highest BCUT2D eigenvalue weighted by Gasteiger charge is 2.42. The van der Waals surface area contributed by atoms with E-state index in [1.54, 1.807) is 31.3 Å². The first kappa shape index (κ1) is 36.7. The van der Waals surface area contributed by atoms with E-state index < -0.39 is 11.9 Å². The van der Waals surface area contributed by atoms with Gasteiger partial charge in [-0.15, -0.1) is 0 Å². The van der Waals surface area contributed by atoms with Gasteiger partial charge in [-0.3, -0.25) is 9.79 Å². The molecule has 3 rings (SSSR count). The maximum Gasteiger partial charge on any atom is 0.192 e. The number of nitrogens with one attached hydrogen (secondary N) is 2. The number of anilines is 1. The Kier molecular flexibility index (Phi) is 13.7. The zero-order valence-corrected chi connectivity index (χ0v) is 28.0. The number of aliphatic imine (C=N–C) groups is 1. The molecule has 0 heterocycles. The molecule has 1 fully saturated rings. The Balaban J connectivity index is 1.83. The van der Waals surface area contributed by atoms with Crippen molar-refractivity contribution in [1.29, 1.82) is 0 Å². The summed E-state index contributed by atoms with van der Waals surface area (Å²) in [6.07, 6.45) is 7.03. The molecular formula is C35H52N4O7. The van der Waals surface area contributed by atoms with E-state index in [0.717, 1.165) is 24.0 Å². The minimum atomic E-state index is -0.830. The predicted octanol–water partition coefficient (Wildman–Crippen LogP) is 4.53. The molecule has 0 bridgehead atoms. The molecule has 1 aliphatic rings. The van der Waals surface area contributed by atoms with Crippen LogP contribution in [0.4, 0.5) is 5.69 Å². The summed E-state index contributed by atoms with van der Waals surface area (Å²) >= 11 is 0. The lowest BCUT2D eigenvalue weighted by Crippen LogP contribution is -2.43. The number of likely N-dealkylation sites (N-methyl/N-ethyl adjacent to an activating group) is 1. The van der Waals surface area contributed by atoms with Gasteiger partial charge in [0.05, 0.1) is 12.8 Å². The lowest BCUT2D eigenvalue weighted by atomic mass is 9.88. The molecule has 11 heteroatoms. The van der Waals surface area contributed by atoms with Gasteiger partial charge in [0, 0.05) is 33.5 Å². The summed E-state index contributed by atoms with van der Waals surface area (Å²) in [6, 6.07) is 8.79. The van der Waals surface area contributed by atoms with Crippen molar-refractivity contribution >= 4 is 17.4 Å². The van der Waals surface area contributed by atoms with Crippen molar-refractivity contribution in [2.75, 3.05) is 40.2 Å². The number of aliphatic hydroxyl groups excluding tert-OH is 1. The molecule has 0 unspecified atom stereocenters. The van der Waals surface area contributed by atoms with Gasteiger partial charge in [-0.2, -0.15) is 0 Å². The van der Waals surface area contributed by atoms with Crippen molar-refractivity contribution in [3.05, 3.63) is 53.6 Å². The van der Waals surface area contributed by atoms with E-state index in [9.17, 15) is 20.1 Å². The summed E-state index contributed by atoms with van der Waals surface area (Å²) in [4.78, 5) is 16.8. The van der Waals surface area contributed by atoms with Crippen molar-refractivity contribution in [3.63, 3.8) is 0 Å². The summed E-state index contributed by atoms with van der Waals surface area (Å²) in [7, 11) is 6.41. The van der Waals surface area contributed by atoms with Crippen LogP contribution in [-0.4, -0.2) is 73.8 Å². The fraction of sp³-hybridized carbons (Fsp3) is 0.543. The normalized spacial score (nSPS) is 19.8. The monoisotopic (exact) mass is 640 g/mol. The van der Waals surface area contributed by atoms with Crippen molar-refractivity contribution in [1.82, 2.24) is 5.32 Å². The zero-order valence-electron chi connectivity index (χ0n) is 28.0. The van der Waals surface area contributed by atoms with Gasteiger partial charge in [0.2, 0.25) is 0 Å². The van der Waals surface area contributed by atoms with Crippen LogP contribution in [0.2, 0.25) is 0 Å². The molecule has 0 aliphatic heterocycles. The number of carbonyl (C=O) groups is 1. The number of ether oxygens (including phenoxy) is 3. The number of hydrogen-bond donors (Lipinski definition) is 6. The first-order chi connectivity index (χ1) is 21.9. The molecular weight excluding hydrogens is 588 g/mol. The van der Waals surface area contributed by atoms with E-state index in [2.05, 4.69) is 29.5 Å². The molecule has 1 aliphatic carbocycles. The van der Waals surface area contributed by atoms with Gasteiger partial charge in [-0.05, 0) is 98.4 Å². The maximum atomic E-state index is 12.8. The molecule has 1 saturated carbocycles. The van der Waals surface area contributed by atoms with Crippen LogP contribution < -0.4 is 25.8 Å². The highest BCUT2D eigenvalue weighted by molar-refractivity contribution is 5.94. The van der Waals surface area contributed by atoms with Gasteiger partial charge in [0.1, 0.15) is 5.60 Å². The number of nitrogens with zero attached hydrogens (tertiary/aromatic N) is 1. The second-order valence-electron chi connectivity index (χ2n) is 12.5. The van der Waals surface area contributed by atoms with Crippen molar-refractivity contribution < 1.29 is 34.3 Å². The number of phenolic OH excluding ortho intramolecular Hbond substituents is 2. The molecule has 0 saturated heterocycles. The number of rotatable bonds is 17. The fourth-order valence-corrected chi connectivity index (χ4v) is 6.03. The smallest absolute Gasteiger partial charge is 0.192 e. The van der Waals surface area contributed by atoms with Gasteiger partial charge >= 0.3 is 0 Å². The molecule has 46 heavy (non-hydrogen) atoms. The highest BCUT2D eigenvalue weighted by atomic mass is 16.6. The zero-order chi connectivity index (χ0) is 33.9. The van der Waals surface area contributed by atoms with Crippen LogP contribution in [0.3, 0.4) is 0 Å². The molecule has 11 nitrogen and oxygen atoms in total. The summed E-state index contributed by atoms with van der Waals surface area (Å²) < 4.78 is 16.9. The first-order valence-corrected chi connectivity index (χ1v) is 15.9. The van der Waals surface area contributed by atoms with E-state index in [1.165, 1.54) is 14.2 Å². The van der Waals surface area contributed by atoms with Crippen LogP contribution in [0, 0.1) is 17.8 Å². The molecule has 2 aromatic rings. The average Bonchev–Trinajstić information content (AvgIpc) is 3.41. The minimum absolute atomic E-state index is 0.00472. The lowest BCUT2D eigenvalue weighted by molar-refractivity contribution is -0.114. The average molecular weight is 641 g/mol. The second kappa shape index (κ2) is 17.2. The Morgan fingerprint density at radius 3 is 2.57 bits per heavy atom. The number of aromatic hydroxyl groups is 2. The number of ketones is 1. The predicted molar refractivity (Wildman–Crippen MR) is 181 cm³/mol. The summed E-state index contributed by atoms with van der Waals surface area (Å²) in [5.74, 6) is 1.32. The maximum absolute atomic E-state index is 12.8. The van der Waals surface area contributed by atoms with E-state index in [0.29, 0.717) is 55.8 Å². The third kappa shape index (κ3) is 10.4. The Hall–Kier alpha value is -3.80. The number of methoxy groups -OCH3 is 2. The molecule has 0 radical (unpaired) electrons. The Morgan fingerprint density at radius 2 is 1.91 bits per heavy atom. The fourth-order valence-electron chi connectivity index (χ4n) is 6.03. The first-order valence-electron chi connectivity index (χ1n) is 15.9. The lowest BCUT2D eigenvalue weighted by Gasteiger charge is -2.32. The molecule has 0 amide bonds. The van der Waals surface area contributed by atoms with Gasteiger partial charge in [0.15, 0.2) is 41.0 Å². The second-order valence-corrected chi connectivity index (χ2v) is 12.5. The third-order valence-electron chi connectivity index (χ3n) is 8.70. The van der Waals surface area contributed by atoms with E-state index in [4.69, 9.17) is 19.9 Å². The van der Waals surface area contributed by atoms with Crippen LogP contribution in [0.1, 0.15) is 57.1 Å². The van der Waals surface area contributed by atoms with E-state index in [-0.39, 0.29) is 41.0 Å². The minimum Gasteiger partial charge on any atom is -0.504 e. The SMILES string of the molecule is CN=C(N)Nc1cc(C[C@H](C=CC(=O)CCc2ccc(O)c(OC)c2)C(C)C)cc(O[C@@]2(CNC)CC[C@@H](C[C@H](O)OC)C2)c1O. The Bertz CT molecular complexity index is 1360. The van der Waals surface area contributed by atoms with Crippen LogP contribution in [-0.2, 0) is 22.4 Å². The summed E-state index contributed by atoms with van der Waals surface area (Å²) in [5.41, 5.74) is 7.58. The standard InChI is InChI=1S/C35H52N4O7/c1-22(2)26(9-11-27(40)10-7-23-8-12-29(41)30(17-23)44-5)15-25-16-28(39-34(36)38-4)33(43)31(18-25)46-35(21-37-3)14-13-24(20-35)19-32(42)45-6/h8-9,11-12,16-18,22,24,26,32,37,41-43H,7,10,13-15,19-21H2,1-6H3,(H3,36,38,39)/t24-,26-,32+,35-/m0/s1. The summed E-state index contributed by atoms with van der Waals surface area (Å²) in [5, 5.41) is 37.4. The van der Waals surface area contributed by atoms with Crippen LogP contribution in [0.15, 0.2) is 47.5 Å². The number of carbonyl (C=O) groups excluding carboxylic acids is 1. The molecule has 254 valence electrons. The molecule has 0 spiro atoms. The number of nitrogens with two attached hydrogens (primary N) is 1. The van der Waals surface area contributed by atoms with E-state index >= 15 is 0 Å². The van der Waals surface area contributed by atoms with Gasteiger partial charge in [0.25, 0.3) is 0 Å². The number of hydrogen-bond acceptors (Lipinski definition) is 9. The molecule has 7 N–H and O–H groups in total. The van der Waals surface area contributed by atoms with Crippen LogP contribution in [0.25, 0.3) is 0 Å². The molecule has 0 aromatic heterocycles. The van der Waals surface area contributed by atoms with Crippen LogP contribution >= 0.6 is 0 Å². The van der Waals surface area contributed by atoms with Crippen molar-refractivity contribution in [3.8, 4) is 23.0 Å². The van der Waals surface area contributed by atoms with Gasteiger partial charge in [-0.1, -0.05) is 26.0 Å². The third-order valence-corrected chi connectivity index (χ3v) is 8.70. The molecule has 2 aromatic carbocycles. The number of phenols is 2. The number of allylic oxidation sites excluding steroid dienone is 2. The summed E-state index contributed by atoms with van der Waals surface area (Å²) in [6.45, 7) is 4.78. The highest BCUT2D eigenvalue weighted by Crippen LogP contribution is 2.45. The number of aryl methyl sites for hydroxylation is 1. The van der Waals surface area contributed by atoms with Crippen LogP contribution in [0.5, 0.6) is 23.0 Å². The number of aliphatic hydroxyl groups is 1. The largest absolute Gasteiger partial charge is 0.504 e. The topological polar surface area (TPSA) is 168 Å². The van der Waals surface area contributed by atoms with E-state index in [1.807, 2.05) is 25.3 Å². The Labute approximate surface area is 272 Å². The van der Waals surface area contributed by atoms with Crippen molar-refractivity contribution in [2.45, 2.75) is 70.7 Å². The Morgan fingerprint density at radius 1 is 1.17 bits per heavy atom. The molecule has 4 atom stereocenters. The van der Waals surface area contributed by atoms with Gasteiger partial charge in [-0.25, -0.2) is 0 Å². The number of benzene rings is 2.